The lowest BCUT2D eigenvalue weighted by atomic mass is 9.90. The topological polar surface area (TPSA) is 20.2 Å². The normalized spacial score (nSPS) is 11.9. The van der Waals surface area contributed by atoms with Gasteiger partial charge in [-0.3, -0.25) is 0 Å². The van der Waals surface area contributed by atoms with E-state index in [1.165, 1.54) is 27.8 Å². The van der Waals surface area contributed by atoms with Gasteiger partial charge >= 0.3 is 0 Å². The van der Waals surface area contributed by atoms with Crippen LogP contribution >= 0.6 is 0 Å². The average Bonchev–Trinajstić information content (AvgIpc) is 2.19. The molecule has 0 saturated carbocycles. The molecule has 0 heterocycles. The summed E-state index contributed by atoms with van der Waals surface area (Å²) in [5.41, 5.74) is 6.54. The van der Waals surface area contributed by atoms with Gasteiger partial charge in [-0.05, 0) is 88.6 Å². The highest BCUT2D eigenvalue weighted by Gasteiger charge is 2.13. The molecular formula is C16H26O. The third-order valence-electron chi connectivity index (χ3n) is 3.74. The van der Waals surface area contributed by atoms with Crippen molar-refractivity contribution in [3.63, 3.8) is 0 Å². The Balaban J connectivity index is 2.84. The summed E-state index contributed by atoms with van der Waals surface area (Å²) in [5.74, 6) is 0. The molecule has 0 spiro atoms. The monoisotopic (exact) mass is 234 g/mol. The number of aliphatic hydroxyl groups is 1. The van der Waals surface area contributed by atoms with Crippen LogP contribution in [0.1, 0.15) is 54.5 Å². The Hall–Kier alpha value is -0.820. The Kier molecular flexibility index (Phi) is 4.37. The summed E-state index contributed by atoms with van der Waals surface area (Å²) in [6.07, 6.45) is 2.98. The van der Waals surface area contributed by atoms with Gasteiger partial charge < -0.3 is 5.11 Å². The van der Waals surface area contributed by atoms with E-state index in [1.807, 2.05) is 13.8 Å². The van der Waals surface area contributed by atoms with Crippen molar-refractivity contribution in [2.45, 2.75) is 66.4 Å². The van der Waals surface area contributed by atoms with Gasteiger partial charge in [0, 0.05) is 0 Å². The molecule has 0 atom stereocenters. The van der Waals surface area contributed by atoms with Crippen LogP contribution in [0.2, 0.25) is 0 Å². The molecule has 0 fully saturated rings. The molecule has 1 nitrogen and oxygen atoms in total. The summed E-state index contributed by atoms with van der Waals surface area (Å²) in [7, 11) is 0. The van der Waals surface area contributed by atoms with Crippen LogP contribution in [0.4, 0.5) is 0 Å². The summed E-state index contributed by atoms with van der Waals surface area (Å²) in [6.45, 7) is 12.5. The van der Waals surface area contributed by atoms with Crippen LogP contribution in [0.15, 0.2) is 6.07 Å². The van der Waals surface area contributed by atoms with E-state index < -0.39 is 5.60 Å². The standard InChI is InChI=1S/C16H26O/c1-11-10-12(2)14(4)15(13(11)3)8-7-9-16(5,6)17/h10,17H,7-9H2,1-6H3. The molecule has 0 aliphatic rings. The maximum absolute atomic E-state index is 9.74. The SMILES string of the molecule is Cc1cc(C)c(C)c(CCCC(C)(C)O)c1C. The predicted molar refractivity (Wildman–Crippen MR) is 74.6 cm³/mol. The maximum Gasteiger partial charge on any atom is 0.0591 e. The molecule has 1 aromatic carbocycles. The van der Waals surface area contributed by atoms with Gasteiger partial charge in [0.2, 0.25) is 0 Å². The van der Waals surface area contributed by atoms with Crippen molar-refractivity contribution in [3.05, 3.63) is 33.9 Å². The second-order valence-electron chi connectivity index (χ2n) is 5.90. The zero-order valence-electron chi connectivity index (χ0n) is 12.1. The van der Waals surface area contributed by atoms with Crippen molar-refractivity contribution in [3.8, 4) is 0 Å². The number of benzene rings is 1. The fourth-order valence-corrected chi connectivity index (χ4v) is 2.37. The fourth-order valence-electron chi connectivity index (χ4n) is 2.37. The average molecular weight is 234 g/mol. The molecule has 0 aliphatic heterocycles. The molecular weight excluding hydrogens is 208 g/mol. The molecule has 0 bridgehead atoms. The van der Waals surface area contributed by atoms with Crippen molar-refractivity contribution in [2.75, 3.05) is 0 Å². The molecule has 0 amide bonds. The van der Waals surface area contributed by atoms with E-state index in [1.54, 1.807) is 0 Å². The zero-order chi connectivity index (χ0) is 13.2. The van der Waals surface area contributed by atoms with Crippen LogP contribution in [-0.2, 0) is 6.42 Å². The van der Waals surface area contributed by atoms with E-state index in [0.717, 1.165) is 19.3 Å². The van der Waals surface area contributed by atoms with Gasteiger partial charge in [0.15, 0.2) is 0 Å². The minimum absolute atomic E-state index is 0.541. The van der Waals surface area contributed by atoms with Gasteiger partial charge in [0.25, 0.3) is 0 Å². The molecule has 0 aromatic heterocycles. The summed E-state index contributed by atoms with van der Waals surface area (Å²) in [6, 6.07) is 2.27. The smallest absolute Gasteiger partial charge is 0.0591 e. The third-order valence-corrected chi connectivity index (χ3v) is 3.74. The van der Waals surface area contributed by atoms with Gasteiger partial charge in [-0.15, -0.1) is 0 Å². The van der Waals surface area contributed by atoms with Crippen molar-refractivity contribution in [2.24, 2.45) is 0 Å². The minimum Gasteiger partial charge on any atom is -0.390 e. The zero-order valence-corrected chi connectivity index (χ0v) is 12.1. The summed E-state index contributed by atoms with van der Waals surface area (Å²) in [4.78, 5) is 0. The minimum atomic E-state index is -0.541. The molecule has 0 radical (unpaired) electrons. The lowest BCUT2D eigenvalue weighted by Gasteiger charge is -2.19. The summed E-state index contributed by atoms with van der Waals surface area (Å²) >= 11 is 0. The lowest BCUT2D eigenvalue weighted by molar-refractivity contribution is 0.0689. The van der Waals surface area contributed by atoms with E-state index in [2.05, 4.69) is 33.8 Å². The van der Waals surface area contributed by atoms with E-state index in [0.29, 0.717) is 0 Å². The number of hydrogen-bond donors (Lipinski definition) is 1. The largest absolute Gasteiger partial charge is 0.390 e. The molecule has 1 aromatic rings. The summed E-state index contributed by atoms with van der Waals surface area (Å²) < 4.78 is 0. The van der Waals surface area contributed by atoms with Crippen LogP contribution in [0.3, 0.4) is 0 Å². The Labute approximate surface area is 106 Å². The Morgan fingerprint density at radius 3 is 1.88 bits per heavy atom. The van der Waals surface area contributed by atoms with Crippen molar-refractivity contribution in [1.82, 2.24) is 0 Å². The van der Waals surface area contributed by atoms with Gasteiger partial charge in [-0.2, -0.15) is 0 Å². The van der Waals surface area contributed by atoms with Crippen molar-refractivity contribution in [1.29, 1.82) is 0 Å². The number of rotatable bonds is 4. The van der Waals surface area contributed by atoms with E-state index in [-0.39, 0.29) is 0 Å². The maximum atomic E-state index is 9.74. The predicted octanol–water partition coefficient (Wildman–Crippen LogP) is 4.01. The van der Waals surface area contributed by atoms with Gasteiger partial charge in [-0.1, -0.05) is 6.07 Å². The van der Waals surface area contributed by atoms with E-state index in [4.69, 9.17) is 0 Å². The first-order valence-corrected chi connectivity index (χ1v) is 6.51. The second kappa shape index (κ2) is 5.22. The Bertz CT molecular complexity index is 371. The molecule has 96 valence electrons. The third kappa shape index (κ3) is 3.85. The molecule has 0 unspecified atom stereocenters. The second-order valence-corrected chi connectivity index (χ2v) is 5.90. The van der Waals surface area contributed by atoms with Crippen LogP contribution in [0, 0.1) is 27.7 Å². The number of aryl methyl sites for hydroxylation is 2. The van der Waals surface area contributed by atoms with Crippen molar-refractivity contribution < 1.29 is 5.11 Å². The lowest BCUT2D eigenvalue weighted by Crippen LogP contribution is -2.18. The molecule has 1 rings (SSSR count). The van der Waals surface area contributed by atoms with Gasteiger partial charge in [0.1, 0.15) is 0 Å². The highest BCUT2D eigenvalue weighted by Crippen LogP contribution is 2.24. The molecule has 1 heteroatoms. The van der Waals surface area contributed by atoms with Crippen LogP contribution in [-0.4, -0.2) is 10.7 Å². The van der Waals surface area contributed by atoms with E-state index >= 15 is 0 Å². The first-order chi connectivity index (χ1) is 7.72. The van der Waals surface area contributed by atoms with Gasteiger partial charge in [-0.25, -0.2) is 0 Å². The molecule has 1 N–H and O–H groups in total. The first kappa shape index (κ1) is 14.2. The highest BCUT2D eigenvalue weighted by atomic mass is 16.3. The fraction of sp³-hybridized carbons (Fsp3) is 0.625. The molecule has 0 saturated heterocycles. The van der Waals surface area contributed by atoms with Crippen LogP contribution in [0.25, 0.3) is 0 Å². The molecule has 17 heavy (non-hydrogen) atoms. The quantitative estimate of drug-likeness (QED) is 0.834. The Morgan fingerprint density at radius 1 is 1.00 bits per heavy atom. The summed E-state index contributed by atoms with van der Waals surface area (Å²) in [5, 5.41) is 9.74. The van der Waals surface area contributed by atoms with Gasteiger partial charge in [0.05, 0.1) is 5.60 Å². The highest BCUT2D eigenvalue weighted by molar-refractivity contribution is 5.44. The van der Waals surface area contributed by atoms with Crippen LogP contribution < -0.4 is 0 Å². The molecule has 0 aliphatic carbocycles. The van der Waals surface area contributed by atoms with E-state index in [9.17, 15) is 5.11 Å². The van der Waals surface area contributed by atoms with Crippen molar-refractivity contribution >= 4 is 0 Å². The first-order valence-electron chi connectivity index (χ1n) is 6.51. The van der Waals surface area contributed by atoms with Crippen LogP contribution in [0.5, 0.6) is 0 Å². The number of hydrogen-bond acceptors (Lipinski definition) is 1. The Morgan fingerprint density at radius 2 is 1.47 bits per heavy atom.